The maximum Gasteiger partial charge on any atom is 0.119 e. The van der Waals surface area contributed by atoms with Crippen LogP contribution in [-0.2, 0) is 6.42 Å². The zero-order valence-corrected chi connectivity index (χ0v) is 16.7. The van der Waals surface area contributed by atoms with E-state index >= 15 is 0 Å². The molecule has 0 saturated heterocycles. The second-order valence-corrected chi connectivity index (χ2v) is 9.02. The van der Waals surface area contributed by atoms with Gasteiger partial charge in [0.1, 0.15) is 11.5 Å². The number of ether oxygens (including phenoxy) is 2. The third kappa shape index (κ3) is 7.39. The molecule has 0 aliphatic carbocycles. The molecule has 0 atom stereocenters. The molecule has 136 valence electrons. The van der Waals surface area contributed by atoms with Crippen LogP contribution in [0.1, 0.15) is 40.2 Å². The lowest BCUT2D eigenvalue weighted by molar-refractivity contribution is 0.179. The molecule has 0 aliphatic rings. The van der Waals surface area contributed by atoms with Gasteiger partial charge in [0.25, 0.3) is 0 Å². The second kappa shape index (κ2) is 8.14. The molecule has 0 unspecified atom stereocenters. The molecule has 0 spiro atoms. The highest BCUT2D eigenvalue weighted by Crippen LogP contribution is 2.27. The normalized spacial score (nSPS) is 12.1. The quantitative estimate of drug-likeness (QED) is 0.567. The van der Waals surface area contributed by atoms with E-state index in [0.29, 0.717) is 13.2 Å². The first kappa shape index (κ1) is 19.7. The molecule has 0 amide bonds. The molecular formula is C22H29ClO2. The van der Waals surface area contributed by atoms with Gasteiger partial charge in [0.2, 0.25) is 0 Å². The van der Waals surface area contributed by atoms with Crippen molar-refractivity contribution in [2.75, 3.05) is 13.2 Å². The molecule has 25 heavy (non-hydrogen) atoms. The van der Waals surface area contributed by atoms with Crippen LogP contribution in [0.25, 0.3) is 0 Å². The maximum atomic E-state index is 5.93. The fraction of sp³-hybridized carbons (Fsp3) is 0.455. The van der Waals surface area contributed by atoms with Crippen LogP contribution in [0.4, 0.5) is 0 Å². The van der Waals surface area contributed by atoms with Crippen LogP contribution >= 0.6 is 11.6 Å². The highest BCUT2D eigenvalue weighted by molar-refractivity contribution is 6.30. The predicted octanol–water partition coefficient (Wildman–Crippen LogP) is 6.41. The van der Waals surface area contributed by atoms with Gasteiger partial charge >= 0.3 is 0 Å². The Morgan fingerprint density at radius 1 is 0.800 bits per heavy atom. The van der Waals surface area contributed by atoms with Crippen molar-refractivity contribution >= 4 is 11.6 Å². The Morgan fingerprint density at radius 2 is 1.44 bits per heavy atom. The van der Waals surface area contributed by atoms with Crippen molar-refractivity contribution in [3.8, 4) is 11.5 Å². The van der Waals surface area contributed by atoms with Gasteiger partial charge in [-0.25, -0.2) is 0 Å². The summed E-state index contributed by atoms with van der Waals surface area (Å²) in [5, 5.41) is 0.721. The van der Waals surface area contributed by atoms with E-state index in [-0.39, 0.29) is 10.8 Å². The number of benzene rings is 2. The molecular weight excluding hydrogens is 332 g/mol. The molecule has 0 radical (unpaired) electrons. The molecule has 2 aromatic rings. The summed E-state index contributed by atoms with van der Waals surface area (Å²) >= 11 is 5.91. The summed E-state index contributed by atoms with van der Waals surface area (Å²) in [6, 6.07) is 15.9. The van der Waals surface area contributed by atoms with Crippen molar-refractivity contribution in [1.29, 1.82) is 0 Å². The van der Waals surface area contributed by atoms with E-state index < -0.39 is 0 Å². The smallest absolute Gasteiger partial charge is 0.119 e. The molecule has 0 fully saturated rings. The van der Waals surface area contributed by atoms with Crippen LogP contribution in [0, 0.1) is 10.8 Å². The first-order chi connectivity index (χ1) is 11.6. The van der Waals surface area contributed by atoms with Crippen molar-refractivity contribution in [1.82, 2.24) is 0 Å². The van der Waals surface area contributed by atoms with Crippen molar-refractivity contribution in [2.24, 2.45) is 10.8 Å². The predicted molar refractivity (Wildman–Crippen MR) is 106 cm³/mol. The fourth-order valence-corrected chi connectivity index (χ4v) is 2.58. The van der Waals surface area contributed by atoms with Gasteiger partial charge in [-0.1, -0.05) is 58.4 Å². The minimum atomic E-state index is 0.0162. The third-order valence-corrected chi connectivity index (χ3v) is 3.95. The lowest BCUT2D eigenvalue weighted by atomic mass is 9.86. The van der Waals surface area contributed by atoms with Crippen LogP contribution in [-0.4, -0.2) is 13.2 Å². The van der Waals surface area contributed by atoms with E-state index in [4.69, 9.17) is 21.1 Å². The van der Waals surface area contributed by atoms with Crippen molar-refractivity contribution in [3.63, 3.8) is 0 Å². The van der Waals surface area contributed by atoms with E-state index in [9.17, 15) is 0 Å². The largest absolute Gasteiger partial charge is 0.493 e. The number of hydrogen-bond acceptors (Lipinski definition) is 2. The van der Waals surface area contributed by atoms with Gasteiger partial charge in [-0.2, -0.15) is 0 Å². The Labute approximate surface area is 157 Å². The van der Waals surface area contributed by atoms with Gasteiger partial charge in [0, 0.05) is 10.4 Å². The summed E-state index contributed by atoms with van der Waals surface area (Å²) in [5.41, 5.74) is 1.43. The van der Waals surface area contributed by atoms with Gasteiger partial charge in [-0.15, -0.1) is 0 Å². The Balaban J connectivity index is 1.93. The maximum absolute atomic E-state index is 5.93. The average Bonchev–Trinajstić information content (AvgIpc) is 2.52. The van der Waals surface area contributed by atoms with Crippen LogP contribution in [0.2, 0.25) is 5.02 Å². The standard InChI is InChI=1S/C22H29ClO2/c1-21(2,3)15-24-20-8-6-7-17(13-20)14-22(4,5)16-25-19-11-9-18(23)10-12-19/h6-13H,14-16H2,1-5H3. The second-order valence-electron chi connectivity index (χ2n) is 8.58. The molecule has 0 saturated carbocycles. The summed E-state index contributed by atoms with van der Waals surface area (Å²) in [6.45, 7) is 12.3. The third-order valence-electron chi connectivity index (χ3n) is 3.70. The average molecular weight is 361 g/mol. The monoisotopic (exact) mass is 360 g/mol. The lowest BCUT2D eigenvalue weighted by Gasteiger charge is -2.25. The van der Waals surface area contributed by atoms with Gasteiger partial charge in [0.05, 0.1) is 13.2 Å². The Bertz CT molecular complexity index is 669. The van der Waals surface area contributed by atoms with E-state index in [1.165, 1.54) is 5.56 Å². The Hall–Kier alpha value is -1.67. The molecule has 2 nitrogen and oxygen atoms in total. The highest BCUT2D eigenvalue weighted by Gasteiger charge is 2.20. The number of rotatable bonds is 7. The highest BCUT2D eigenvalue weighted by atomic mass is 35.5. The fourth-order valence-electron chi connectivity index (χ4n) is 2.46. The van der Waals surface area contributed by atoms with Gasteiger partial charge < -0.3 is 9.47 Å². The molecule has 0 heterocycles. The number of halogens is 1. The first-order valence-corrected chi connectivity index (χ1v) is 9.11. The summed E-state index contributed by atoms with van der Waals surface area (Å²) < 4.78 is 11.9. The van der Waals surface area contributed by atoms with Crippen molar-refractivity contribution in [3.05, 3.63) is 59.1 Å². The van der Waals surface area contributed by atoms with Crippen molar-refractivity contribution < 1.29 is 9.47 Å². The molecule has 0 aliphatic heterocycles. The van der Waals surface area contributed by atoms with Gasteiger partial charge in [-0.3, -0.25) is 0 Å². The summed E-state index contributed by atoms with van der Waals surface area (Å²) in [5.74, 6) is 1.78. The zero-order valence-electron chi connectivity index (χ0n) is 15.9. The van der Waals surface area contributed by atoms with E-state index in [2.05, 4.69) is 52.8 Å². The molecule has 2 rings (SSSR count). The Kier molecular flexibility index (Phi) is 6.40. The molecule has 0 aromatic heterocycles. The molecule has 0 bridgehead atoms. The summed E-state index contributed by atoms with van der Waals surface area (Å²) in [4.78, 5) is 0. The number of hydrogen-bond donors (Lipinski definition) is 0. The lowest BCUT2D eigenvalue weighted by Crippen LogP contribution is -2.24. The van der Waals surface area contributed by atoms with Crippen LogP contribution in [0.3, 0.4) is 0 Å². The van der Waals surface area contributed by atoms with Crippen molar-refractivity contribution in [2.45, 2.75) is 41.0 Å². The summed E-state index contributed by atoms with van der Waals surface area (Å²) in [7, 11) is 0. The minimum Gasteiger partial charge on any atom is -0.493 e. The van der Waals surface area contributed by atoms with Crippen LogP contribution in [0.15, 0.2) is 48.5 Å². The van der Waals surface area contributed by atoms with E-state index in [0.717, 1.165) is 22.9 Å². The molecule has 3 heteroatoms. The SMILES string of the molecule is CC(C)(C)COc1cccc(CC(C)(C)COc2ccc(Cl)cc2)c1. The summed E-state index contributed by atoms with van der Waals surface area (Å²) in [6.07, 6.45) is 0.924. The minimum absolute atomic E-state index is 0.0162. The zero-order chi connectivity index (χ0) is 18.5. The Morgan fingerprint density at radius 3 is 2.08 bits per heavy atom. The first-order valence-electron chi connectivity index (χ1n) is 8.73. The van der Waals surface area contributed by atoms with E-state index in [1.807, 2.05) is 30.3 Å². The van der Waals surface area contributed by atoms with Gasteiger partial charge in [0.15, 0.2) is 0 Å². The van der Waals surface area contributed by atoms with E-state index in [1.54, 1.807) is 0 Å². The molecule has 2 aromatic carbocycles. The van der Waals surface area contributed by atoms with Gasteiger partial charge in [-0.05, 0) is 53.8 Å². The topological polar surface area (TPSA) is 18.5 Å². The van der Waals surface area contributed by atoms with Crippen LogP contribution in [0.5, 0.6) is 11.5 Å². The van der Waals surface area contributed by atoms with Crippen LogP contribution < -0.4 is 9.47 Å². The molecule has 0 N–H and O–H groups in total.